The van der Waals surface area contributed by atoms with Crippen LogP contribution in [-0.2, 0) is 4.74 Å². The Morgan fingerprint density at radius 1 is 1.44 bits per heavy atom. The number of hydrogen-bond acceptors (Lipinski definition) is 7. The Balaban J connectivity index is 2.08. The SMILES string of the molecule is CCNC1=N[C@@H]2[C@@H](O)[C@@H](O)[C@@H](CO)O[C@@H]2S1. The number of aliphatic imine (C=N–C) groups is 1. The quantitative estimate of drug-likeness (QED) is 0.475. The number of hydrogen-bond donors (Lipinski definition) is 4. The zero-order chi connectivity index (χ0) is 11.7. The molecule has 0 amide bonds. The van der Waals surface area contributed by atoms with Gasteiger partial charge in [0.05, 0.1) is 6.61 Å². The van der Waals surface area contributed by atoms with E-state index in [2.05, 4.69) is 10.3 Å². The molecule has 16 heavy (non-hydrogen) atoms. The van der Waals surface area contributed by atoms with Crippen LogP contribution in [0.5, 0.6) is 0 Å². The summed E-state index contributed by atoms with van der Waals surface area (Å²) in [4.78, 5) is 4.25. The first-order valence-corrected chi connectivity index (χ1v) is 6.16. The van der Waals surface area contributed by atoms with Crippen molar-refractivity contribution in [1.82, 2.24) is 5.32 Å². The molecule has 0 bridgehead atoms. The van der Waals surface area contributed by atoms with Gasteiger partial charge in [0.1, 0.15) is 29.8 Å². The number of thioether (sulfide) groups is 1. The van der Waals surface area contributed by atoms with Crippen molar-refractivity contribution in [2.45, 2.75) is 36.7 Å². The summed E-state index contributed by atoms with van der Waals surface area (Å²) in [5.74, 6) is 0. The third-order valence-electron chi connectivity index (χ3n) is 2.67. The summed E-state index contributed by atoms with van der Waals surface area (Å²) < 4.78 is 5.47. The van der Waals surface area contributed by atoms with Gasteiger partial charge in [-0.25, -0.2) is 0 Å². The molecule has 7 heteroatoms. The van der Waals surface area contributed by atoms with Gasteiger partial charge in [0, 0.05) is 6.54 Å². The number of fused-ring (bicyclic) bond motifs is 1. The zero-order valence-electron chi connectivity index (χ0n) is 8.91. The minimum absolute atomic E-state index is 0.307. The van der Waals surface area contributed by atoms with Gasteiger partial charge in [-0.05, 0) is 6.92 Å². The maximum absolute atomic E-state index is 9.85. The van der Waals surface area contributed by atoms with Crippen molar-refractivity contribution in [1.29, 1.82) is 0 Å². The number of nitrogens with zero attached hydrogens (tertiary/aromatic N) is 1. The summed E-state index contributed by atoms with van der Waals surface area (Å²) in [5.41, 5.74) is -0.329. The van der Waals surface area contributed by atoms with E-state index in [0.29, 0.717) is 5.17 Å². The maximum Gasteiger partial charge on any atom is 0.159 e. The molecule has 0 aromatic heterocycles. The van der Waals surface area contributed by atoms with Gasteiger partial charge in [-0.15, -0.1) is 0 Å². The van der Waals surface area contributed by atoms with E-state index < -0.39 is 24.4 Å². The topological polar surface area (TPSA) is 94.3 Å². The lowest BCUT2D eigenvalue weighted by molar-refractivity contribution is -0.164. The third-order valence-corrected chi connectivity index (χ3v) is 3.77. The lowest BCUT2D eigenvalue weighted by Gasteiger charge is -2.37. The highest BCUT2D eigenvalue weighted by molar-refractivity contribution is 8.14. The number of ether oxygens (including phenoxy) is 1. The third kappa shape index (κ3) is 2.05. The first-order chi connectivity index (χ1) is 7.67. The lowest BCUT2D eigenvalue weighted by Crippen LogP contribution is -2.55. The number of aliphatic hydroxyl groups is 3. The predicted octanol–water partition coefficient (Wildman–Crippen LogP) is -1.49. The molecule has 1 fully saturated rings. The van der Waals surface area contributed by atoms with E-state index >= 15 is 0 Å². The first kappa shape index (κ1) is 12.1. The lowest BCUT2D eigenvalue weighted by atomic mass is 9.99. The second-order valence-electron chi connectivity index (χ2n) is 3.78. The summed E-state index contributed by atoms with van der Waals surface area (Å²) in [6, 6.07) is -0.461. The average Bonchev–Trinajstić information content (AvgIpc) is 2.67. The van der Waals surface area contributed by atoms with Gasteiger partial charge < -0.3 is 25.4 Å². The largest absolute Gasteiger partial charge is 0.394 e. The second kappa shape index (κ2) is 4.89. The van der Waals surface area contributed by atoms with Crippen molar-refractivity contribution in [3.63, 3.8) is 0 Å². The van der Waals surface area contributed by atoms with E-state index in [1.807, 2.05) is 6.92 Å². The summed E-state index contributed by atoms with van der Waals surface area (Å²) in [6.45, 7) is 2.39. The van der Waals surface area contributed by atoms with Gasteiger partial charge in [0.2, 0.25) is 0 Å². The van der Waals surface area contributed by atoms with Crippen LogP contribution in [0.2, 0.25) is 0 Å². The summed E-state index contributed by atoms with van der Waals surface area (Å²) in [7, 11) is 0. The van der Waals surface area contributed by atoms with E-state index in [9.17, 15) is 10.2 Å². The Morgan fingerprint density at radius 2 is 2.19 bits per heavy atom. The normalized spacial score (nSPS) is 42.8. The molecule has 2 aliphatic rings. The van der Waals surface area contributed by atoms with Gasteiger partial charge in [-0.2, -0.15) is 0 Å². The molecule has 0 aliphatic carbocycles. The summed E-state index contributed by atoms with van der Waals surface area (Å²) >= 11 is 1.38. The highest BCUT2D eigenvalue weighted by atomic mass is 32.2. The highest BCUT2D eigenvalue weighted by Crippen LogP contribution is 2.35. The van der Waals surface area contributed by atoms with Crippen molar-refractivity contribution >= 4 is 16.9 Å². The van der Waals surface area contributed by atoms with E-state index in [4.69, 9.17) is 9.84 Å². The number of rotatable bonds is 2. The van der Waals surface area contributed by atoms with E-state index in [1.54, 1.807) is 0 Å². The van der Waals surface area contributed by atoms with Crippen LogP contribution < -0.4 is 5.32 Å². The molecule has 92 valence electrons. The van der Waals surface area contributed by atoms with E-state index in [1.165, 1.54) is 11.8 Å². The molecule has 0 spiro atoms. The summed E-state index contributed by atoms with van der Waals surface area (Å²) in [6.07, 6.45) is -2.81. The first-order valence-electron chi connectivity index (χ1n) is 5.28. The van der Waals surface area contributed by atoms with Crippen LogP contribution in [-0.4, -0.2) is 63.4 Å². The standard InChI is InChI=1S/C9H16N2O4S/c1-2-10-9-11-5-7(14)6(13)4(3-12)15-8(5)16-9/h4-8,12-14H,2-3H2,1H3,(H,10,11)/t4-,5-,6+,7-,8-/m1/s1. The van der Waals surface area contributed by atoms with Crippen LogP contribution in [0.3, 0.4) is 0 Å². The number of aliphatic hydroxyl groups excluding tert-OH is 3. The zero-order valence-corrected chi connectivity index (χ0v) is 9.72. The van der Waals surface area contributed by atoms with Crippen LogP contribution in [0.1, 0.15) is 6.92 Å². The van der Waals surface area contributed by atoms with Gasteiger partial charge in [0.15, 0.2) is 5.17 Å². The van der Waals surface area contributed by atoms with Crippen molar-refractivity contribution in [3.8, 4) is 0 Å². The van der Waals surface area contributed by atoms with E-state index in [0.717, 1.165) is 6.54 Å². The van der Waals surface area contributed by atoms with Crippen LogP contribution in [0, 0.1) is 0 Å². The molecule has 6 nitrogen and oxygen atoms in total. The van der Waals surface area contributed by atoms with Crippen molar-refractivity contribution in [2.24, 2.45) is 4.99 Å². The van der Waals surface area contributed by atoms with Gasteiger partial charge in [-0.3, -0.25) is 4.99 Å². The maximum atomic E-state index is 9.85. The van der Waals surface area contributed by atoms with Crippen molar-refractivity contribution in [2.75, 3.05) is 13.2 Å². The van der Waals surface area contributed by atoms with Crippen LogP contribution in [0.15, 0.2) is 4.99 Å². The summed E-state index contributed by atoms with van der Waals surface area (Å²) in [5, 5.41) is 32.3. The smallest absolute Gasteiger partial charge is 0.159 e. The van der Waals surface area contributed by atoms with Gasteiger partial charge >= 0.3 is 0 Å². The Labute approximate surface area is 97.7 Å². The molecule has 4 N–H and O–H groups in total. The molecule has 0 saturated carbocycles. The van der Waals surface area contributed by atoms with Crippen molar-refractivity contribution in [3.05, 3.63) is 0 Å². The molecule has 0 aromatic carbocycles. The minimum atomic E-state index is -1.09. The van der Waals surface area contributed by atoms with Gasteiger partial charge in [0.25, 0.3) is 0 Å². The molecule has 5 atom stereocenters. The fourth-order valence-corrected chi connectivity index (χ4v) is 3.01. The predicted molar refractivity (Wildman–Crippen MR) is 60.3 cm³/mol. The van der Waals surface area contributed by atoms with E-state index in [-0.39, 0.29) is 12.0 Å². The minimum Gasteiger partial charge on any atom is -0.394 e. The highest BCUT2D eigenvalue weighted by Gasteiger charge is 2.47. The molecule has 0 unspecified atom stereocenters. The molecule has 2 aliphatic heterocycles. The Morgan fingerprint density at radius 3 is 2.81 bits per heavy atom. The molecule has 1 saturated heterocycles. The molecule has 0 aromatic rings. The van der Waals surface area contributed by atoms with Crippen LogP contribution in [0.25, 0.3) is 0 Å². The Hall–Kier alpha value is -0.340. The van der Waals surface area contributed by atoms with Gasteiger partial charge in [-0.1, -0.05) is 11.8 Å². The molecule has 2 rings (SSSR count). The van der Waals surface area contributed by atoms with Crippen LogP contribution in [0.4, 0.5) is 0 Å². The molecule has 0 radical (unpaired) electrons. The fourth-order valence-electron chi connectivity index (χ4n) is 1.82. The van der Waals surface area contributed by atoms with Crippen molar-refractivity contribution < 1.29 is 20.1 Å². The average molecular weight is 248 g/mol. The van der Waals surface area contributed by atoms with Crippen LogP contribution >= 0.6 is 11.8 Å². The monoisotopic (exact) mass is 248 g/mol. The fraction of sp³-hybridized carbons (Fsp3) is 0.889. The molecule has 2 heterocycles. The molecular formula is C9H16N2O4S. The molecular weight excluding hydrogens is 232 g/mol. The Bertz CT molecular complexity index is 289. The second-order valence-corrected chi connectivity index (χ2v) is 4.87. The number of nitrogens with one attached hydrogen (secondary N) is 1. The number of amidine groups is 1. The Kier molecular flexibility index (Phi) is 3.70.